The smallest absolute Gasteiger partial charge is 0.153 e. The molecule has 1 heterocycles. The number of carbonyl (C=O) groups is 1. The van der Waals surface area contributed by atoms with E-state index in [2.05, 4.69) is 10.2 Å². The lowest BCUT2D eigenvalue weighted by molar-refractivity contribution is 0.112. The molecule has 1 aromatic rings. The first-order chi connectivity index (χ1) is 5.05. The zero-order valence-electron chi connectivity index (χ0n) is 7.01. The van der Waals surface area contributed by atoms with Crippen LogP contribution in [0.2, 0.25) is 0 Å². The van der Waals surface area contributed by atoms with Gasteiger partial charge in [-0.05, 0) is 0 Å². The maximum absolute atomic E-state index is 10.5. The molecule has 0 radical (unpaired) electrons. The highest BCUT2D eigenvalue weighted by Crippen LogP contribution is 2.21. The molecule has 1 rings (SSSR count). The van der Waals surface area contributed by atoms with Crippen LogP contribution in [0.1, 0.15) is 36.8 Å². The minimum absolute atomic E-state index is 0.0593. The third kappa shape index (κ3) is 1.48. The fourth-order valence-corrected chi connectivity index (χ4v) is 0.990. The van der Waals surface area contributed by atoms with E-state index in [1.165, 1.54) is 0 Å². The van der Waals surface area contributed by atoms with Gasteiger partial charge in [0, 0.05) is 11.6 Å². The van der Waals surface area contributed by atoms with Crippen molar-refractivity contribution in [1.82, 2.24) is 10.2 Å². The van der Waals surface area contributed by atoms with E-state index in [4.69, 9.17) is 0 Å². The lowest BCUT2D eigenvalue weighted by Crippen LogP contribution is -2.13. The topological polar surface area (TPSA) is 45.8 Å². The molecule has 0 fully saturated rings. The molecule has 0 saturated carbocycles. The summed E-state index contributed by atoms with van der Waals surface area (Å²) in [6.07, 6.45) is 2.44. The van der Waals surface area contributed by atoms with Crippen molar-refractivity contribution in [3.63, 3.8) is 0 Å². The molecular weight excluding hydrogens is 140 g/mol. The molecule has 0 aliphatic rings. The van der Waals surface area contributed by atoms with Gasteiger partial charge in [-0.2, -0.15) is 5.10 Å². The fraction of sp³-hybridized carbons (Fsp3) is 0.500. The van der Waals surface area contributed by atoms with Crippen molar-refractivity contribution >= 4 is 6.29 Å². The van der Waals surface area contributed by atoms with Crippen molar-refractivity contribution in [1.29, 1.82) is 0 Å². The number of aldehydes is 1. The molecular formula is C8H12N2O. The summed E-state index contributed by atoms with van der Waals surface area (Å²) in [5.74, 6) is 0. The first kappa shape index (κ1) is 7.98. The quantitative estimate of drug-likeness (QED) is 0.620. The highest BCUT2D eigenvalue weighted by Gasteiger charge is 2.19. The van der Waals surface area contributed by atoms with Crippen LogP contribution in [-0.4, -0.2) is 16.5 Å². The Morgan fingerprint density at radius 2 is 2.18 bits per heavy atom. The van der Waals surface area contributed by atoms with Gasteiger partial charge in [0.2, 0.25) is 0 Å². The third-order valence-corrected chi connectivity index (χ3v) is 1.51. The number of aromatic nitrogens is 2. The van der Waals surface area contributed by atoms with Crippen molar-refractivity contribution in [2.75, 3.05) is 0 Å². The average molecular weight is 152 g/mol. The van der Waals surface area contributed by atoms with Gasteiger partial charge in [0.1, 0.15) is 0 Å². The molecule has 1 N–H and O–H groups in total. The minimum Gasteiger partial charge on any atom is -0.298 e. The van der Waals surface area contributed by atoms with E-state index in [1.807, 2.05) is 20.8 Å². The monoisotopic (exact) mass is 152 g/mol. The van der Waals surface area contributed by atoms with Crippen LogP contribution in [-0.2, 0) is 5.41 Å². The van der Waals surface area contributed by atoms with Crippen LogP contribution >= 0.6 is 0 Å². The molecule has 3 heteroatoms. The van der Waals surface area contributed by atoms with Crippen molar-refractivity contribution < 1.29 is 4.79 Å². The molecule has 0 aliphatic heterocycles. The highest BCUT2D eigenvalue weighted by molar-refractivity contribution is 5.76. The van der Waals surface area contributed by atoms with E-state index >= 15 is 0 Å². The Labute approximate surface area is 65.8 Å². The molecule has 0 saturated heterocycles. The number of nitrogens with zero attached hydrogens (tertiary/aromatic N) is 1. The van der Waals surface area contributed by atoms with Gasteiger partial charge in [-0.25, -0.2) is 0 Å². The van der Waals surface area contributed by atoms with Gasteiger partial charge in [0.05, 0.1) is 11.3 Å². The fourth-order valence-electron chi connectivity index (χ4n) is 0.990. The van der Waals surface area contributed by atoms with Gasteiger partial charge >= 0.3 is 0 Å². The third-order valence-electron chi connectivity index (χ3n) is 1.51. The first-order valence-corrected chi connectivity index (χ1v) is 3.55. The van der Waals surface area contributed by atoms with Gasteiger partial charge in [-0.1, -0.05) is 20.8 Å². The van der Waals surface area contributed by atoms with E-state index in [9.17, 15) is 4.79 Å². The lowest BCUT2D eigenvalue weighted by atomic mass is 9.90. The van der Waals surface area contributed by atoms with E-state index in [0.717, 1.165) is 12.0 Å². The summed E-state index contributed by atoms with van der Waals surface area (Å²) in [5, 5.41) is 6.68. The zero-order valence-corrected chi connectivity index (χ0v) is 7.01. The maximum Gasteiger partial charge on any atom is 0.153 e. The molecule has 0 atom stereocenters. The second kappa shape index (κ2) is 2.49. The Morgan fingerprint density at radius 1 is 1.55 bits per heavy atom. The summed E-state index contributed by atoms with van der Waals surface area (Å²) < 4.78 is 0. The number of nitrogens with one attached hydrogen (secondary N) is 1. The second-order valence-electron chi connectivity index (χ2n) is 3.56. The largest absolute Gasteiger partial charge is 0.298 e. The molecule has 60 valence electrons. The van der Waals surface area contributed by atoms with Crippen molar-refractivity contribution in [3.8, 4) is 0 Å². The normalized spacial score (nSPS) is 11.5. The molecule has 3 nitrogen and oxygen atoms in total. The Hall–Kier alpha value is -1.12. The molecule has 0 amide bonds. The maximum atomic E-state index is 10.5. The van der Waals surface area contributed by atoms with Gasteiger partial charge in [-0.15, -0.1) is 0 Å². The highest BCUT2D eigenvalue weighted by atomic mass is 16.1. The summed E-state index contributed by atoms with van der Waals surface area (Å²) >= 11 is 0. The van der Waals surface area contributed by atoms with Crippen LogP contribution in [0.15, 0.2) is 6.20 Å². The molecule has 0 bridgehead atoms. The Kier molecular flexibility index (Phi) is 1.81. The van der Waals surface area contributed by atoms with Crippen molar-refractivity contribution in [2.24, 2.45) is 0 Å². The van der Waals surface area contributed by atoms with Crippen molar-refractivity contribution in [2.45, 2.75) is 26.2 Å². The van der Waals surface area contributed by atoms with Crippen LogP contribution < -0.4 is 0 Å². The number of hydrogen-bond acceptors (Lipinski definition) is 2. The van der Waals surface area contributed by atoms with Crippen molar-refractivity contribution in [3.05, 3.63) is 17.5 Å². The van der Waals surface area contributed by atoms with E-state index in [0.29, 0.717) is 5.56 Å². The molecule has 0 unspecified atom stereocenters. The van der Waals surface area contributed by atoms with Gasteiger partial charge in [0.15, 0.2) is 6.29 Å². The van der Waals surface area contributed by atoms with Gasteiger partial charge in [0.25, 0.3) is 0 Å². The van der Waals surface area contributed by atoms with Crippen LogP contribution in [0.3, 0.4) is 0 Å². The molecule has 0 spiro atoms. The number of H-pyrrole nitrogens is 1. The Balaban J connectivity index is 3.12. The summed E-state index contributed by atoms with van der Waals surface area (Å²) in [5.41, 5.74) is 1.42. The second-order valence-corrected chi connectivity index (χ2v) is 3.56. The Morgan fingerprint density at radius 3 is 2.55 bits per heavy atom. The average Bonchev–Trinajstić information content (AvgIpc) is 2.31. The molecule has 0 aliphatic carbocycles. The molecule has 11 heavy (non-hydrogen) atoms. The predicted molar refractivity (Wildman–Crippen MR) is 42.7 cm³/mol. The van der Waals surface area contributed by atoms with E-state index in [1.54, 1.807) is 6.20 Å². The minimum atomic E-state index is -0.0593. The standard InChI is InChI=1S/C8H12N2O/c1-8(2,3)7-6(5-11)4-9-10-7/h4-5H,1-3H3,(H,9,10). The lowest BCUT2D eigenvalue weighted by Gasteiger charge is -2.15. The van der Waals surface area contributed by atoms with Crippen LogP contribution in [0, 0.1) is 0 Å². The first-order valence-electron chi connectivity index (χ1n) is 3.55. The van der Waals surface area contributed by atoms with E-state index < -0.39 is 0 Å². The summed E-state index contributed by atoms with van der Waals surface area (Å²) in [7, 11) is 0. The summed E-state index contributed by atoms with van der Waals surface area (Å²) in [6, 6.07) is 0. The van der Waals surface area contributed by atoms with Crippen LogP contribution in [0.5, 0.6) is 0 Å². The van der Waals surface area contributed by atoms with Crippen LogP contribution in [0.25, 0.3) is 0 Å². The number of aromatic amines is 1. The number of carbonyl (C=O) groups excluding carboxylic acids is 1. The number of rotatable bonds is 1. The van der Waals surface area contributed by atoms with Gasteiger partial charge < -0.3 is 0 Å². The SMILES string of the molecule is CC(C)(C)c1n[nH]cc1C=O. The summed E-state index contributed by atoms with van der Waals surface area (Å²) in [4.78, 5) is 10.5. The molecule has 0 aromatic carbocycles. The Bertz CT molecular complexity index is 257. The summed E-state index contributed by atoms with van der Waals surface area (Å²) in [6.45, 7) is 6.07. The predicted octanol–water partition coefficient (Wildman–Crippen LogP) is 1.52. The zero-order chi connectivity index (χ0) is 8.48. The molecule has 1 aromatic heterocycles. The van der Waals surface area contributed by atoms with E-state index in [-0.39, 0.29) is 5.41 Å². The van der Waals surface area contributed by atoms with Gasteiger partial charge in [-0.3, -0.25) is 9.89 Å². The van der Waals surface area contributed by atoms with Crippen LogP contribution in [0.4, 0.5) is 0 Å². The number of hydrogen-bond donors (Lipinski definition) is 1.